The van der Waals surface area contributed by atoms with E-state index in [4.69, 9.17) is 5.73 Å². The predicted octanol–water partition coefficient (Wildman–Crippen LogP) is 1.93. The number of rotatable bonds is 1. The Balaban J connectivity index is 2.44. The van der Waals surface area contributed by atoms with Crippen molar-refractivity contribution in [2.75, 3.05) is 5.73 Å². The highest BCUT2D eigenvalue weighted by Gasteiger charge is 2.18. The molecule has 1 aliphatic rings. The zero-order chi connectivity index (χ0) is 9.42. The zero-order valence-corrected chi connectivity index (χ0v) is 8.38. The average Bonchev–Trinajstić information content (AvgIpc) is 2.45. The third-order valence-electron chi connectivity index (χ3n) is 2.69. The molecule has 0 radical (unpaired) electrons. The van der Waals surface area contributed by atoms with Gasteiger partial charge in [0, 0.05) is 13.0 Å². The summed E-state index contributed by atoms with van der Waals surface area (Å²) in [5.74, 6) is 2.52. The standard InChI is InChI=1S/C10H17N3/c1-7(2)9-10(11)13-6-4-3-5-8(13)12-9/h7H,3-6,11H2,1-2H3. The minimum Gasteiger partial charge on any atom is -0.384 e. The zero-order valence-electron chi connectivity index (χ0n) is 8.38. The molecule has 0 spiro atoms. The van der Waals surface area contributed by atoms with Crippen LogP contribution in [0.3, 0.4) is 0 Å². The molecule has 0 fully saturated rings. The van der Waals surface area contributed by atoms with E-state index in [1.165, 1.54) is 18.7 Å². The Bertz CT molecular complexity index is 312. The number of hydrogen-bond donors (Lipinski definition) is 1. The summed E-state index contributed by atoms with van der Waals surface area (Å²) in [5.41, 5.74) is 7.11. The molecule has 3 nitrogen and oxygen atoms in total. The van der Waals surface area contributed by atoms with E-state index < -0.39 is 0 Å². The van der Waals surface area contributed by atoms with E-state index in [0.717, 1.165) is 24.5 Å². The molecule has 0 unspecified atom stereocenters. The summed E-state index contributed by atoms with van der Waals surface area (Å²) < 4.78 is 2.18. The number of nitrogens with zero attached hydrogens (tertiary/aromatic N) is 2. The first-order valence-electron chi connectivity index (χ1n) is 5.05. The minimum atomic E-state index is 0.443. The van der Waals surface area contributed by atoms with Crippen molar-refractivity contribution in [2.24, 2.45) is 0 Å². The minimum absolute atomic E-state index is 0.443. The second kappa shape index (κ2) is 3.05. The van der Waals surface area contributed by atoms with Crippen molar-refractivity contribution in [2.45, 2.75) is 45.6 Å². The molecule has 0 atom stereocenters. The number of aryl methyl sites for hydroxylation is 1. The van der Waals surface area contributed by atoms with E-state index >= 15 is 0 Å². The van der Waals surface area contributed by atoms with Gasteiger partial charge in [-0.2, -0.15) is 0 Å². The van der Waals surface area contributed by atoms with Gasteiger partial charge in [0.15, 0.2) is 0 Å². The summed E-state index contributed by atoms with van der Waals surface area (Å²) in [4.78, 5) is 4.59. The van der Waals surface area contributed by atoms with E-state index in [1.807, 2.05) is 0 Å². The molecule has 2 N–H and O–H groups in total. The van der Waals surface area contributed by atoms with Crippen molar-refractivity contribution in [3.63, 3.8) is 0 Å². The fourth-order valence-electron chi connectivity index (χ4n) is 1.95. The van der Waals surface area contributed by atoms with Crippen LogP contribution in [0.2, 0.25) is 0 Å². The summed E-state index contributed by atoms with van der Waals surface area (Å²) in [6, 6.07) is 0. The van der Waals surface area contributed by atoms with Crippen LogP contribution in [0.5, 0.6) is 0 Å². The first-order valence-corrected chi connectivity index (χ1v) is 5.05. The summed E-state index contributed by atoms with van der Waals surface area (Å²) in [6.45, 7) is 5.34. The lowest BCUT2D eigenvalue weighted by Crippen LogP contribution is -2.12. The highest BCUT2D eigenvalue weighted by molar-refractivity contribution is 5.40. The SMILES string of the molecule is CC(C)c1nc2n(c1N)CCCC2. The largest absolute Gasteiger partial charge is 0.384 e. The smallest absolute Gasteiger partial charge is 0.127 e. The van der Waals surface area contributed by atoms with E-state index in [2.05, 4.69) is 23.4 Å². The molecule has 0 aliphatic carbocycles. The van der Waals surface area contributed by atoms with Crippen molar-refractivity contribution < 1.29 is 0 Å². The average molecular weight is 179 g/mol. The second-order valence-corrected chi connectivity index (χ2v) is 4.06. The van der Waals surface area contributed by atoms with Crippen molar-refractivity contribution in [1.82, 2.24) is 9.55 Å². The summed E-state index contributed by atoms with van der Waals surface area (Å²) in [6.07, 6.45) is 3.59. The lowest BCUT2D eigenvalue weighted by molar-refractivity contribution is 0.527. The molecule has 3 heteroatoms. The van der Waals surface area contributed by atoms with E-state index in [9.17, 15) is 0 Å². The molecule has 0 saturated carbocycles. The van der Waals surface area contributed by atoms with Crippen LogP contribution in [0.15, 0.2) is 0 Å². The van der Waals surface area contributed by atoms with Gasteiger partial charge in [-0.3, -0.25) is 0 Å². The van der Waals surface area contributed by atoms with Crippen molar-refractivity contribution in [3.05, 3.63) is 11.5 Å². The van der Waals surface area contributed by atoms with Gasteiger partial charge in [-0.25, -0.2) is 4.98 Å². The van der Waals surface area contributed by atoms with Gasteiger partial charge in [-0.15, -0.1) is 0 Å². The number of anilines is 1. The molecule has 0 saturated heterocycles. The van der Waals surface area contributed by atoms with Gasteiger partial charge in [-0.1, -0.05) is 13.8 Å². The van der Waals surface area contributed by atoms with Crippen molar-refractivity contribution in [1.29, 1.82) is 0 Å². The number of nitrogens with two attached hydrogens (primary N) is 1. The molecule has 72 valence electrons. The maximum absolute atomic E-state index is 6.03. The van der Waals surface area contributed by atoms with Gasteiger partial charge in [0.25, 0.3) is 0 Å². The number of nitrogen functional groups attached to an aromatic ring is 1. The van der Waals surface area contributed by atoms with Crippen molar-refractivity contribution >= 4 is 5.82 Å². The van der Waals surface area contributed by atoms with Crippen molar-refractivity contribution in [3.8, 4) is 0 Å². The van der Waals surface area contributed by atoms with Crippen LogP contribution in [-0.4, -0.2) is 9.55 Å². The first kappa shape index (κ1) is 8.60. The maximum atomic E-state index is 6.03. The van der Waals surface area contributed by atoms with Crippen LogP contribution in [0, 0.1) is 0 Å². The molecule has 0 amide bonds. The van der Waals surface area contributed by atoms with Gasteiger partial charge in [0.05, 0.1) is 5.69 Å². The van der Waals surface area contributed by atoms with E-state index in [1.54, 1.807) is 0 Å². The second-order valence-electron chi connectivity index (χ2n) is 4.06. The fourth-order valence-corrected chi connectivity index (χ4v) is 1.95. The van der Waals surface area contributed by atoms with Crippen LogP contribution < -0.4 is 5.73 Å². The Morgan fingerprint density at radius 2 is 2.15 bits per heavy atom. The molecule has 0 aromatic carbocycles. The van der Waals surface area contributed by atoms with Crippen LogP contribution in [-0.2, 0) is 13.0 Å². The predicted molar refractivity (Wildman–Crippen MR) is 53.7 cm³/mol. The number of fused-ring (bicyclic) bond motifs is 1. The van der Waals surface area contributed by atoms with Gasteiger partial charge in [0.2, 0.25) is 0 Å². The summed E-state index contributed by atoms with van der Waals surface area (Å²) in [5, 5.41) is 0. The molecule has 1 aromatic rings. The van der Waals surface area contributed by atoms with Crippen LogP contribution in [0.1, 0.15) is 44.1 Å². The molecule has 13 heavy (non-hydrogen) atoms. The third-order valence-corrected chi connectivity index (χ3v) is 2.69. The maximum Gasteiger partial charge on any atom is 0.127 e. The topological polar surface area (TPSA) is 43.8 Å². The Morgan fingerprint density at radius 1 is 1.38 bits per heavy atom. The molecule has 1 aromatic heterocycles. The lowest BCUT2D eigenvalue weighted by atomic mass is 10.1. The number of hydrogen-bond acceptors (Lipinski definition) is 2. The normalized spacial score (nSPS) is 16.2. The summed E-state index contributed by atoms with van der Waals surface area (Å²) in [7, 11) is 0. The third kappa shape index (κ3) is 1.32. The van der Waals surface area contributed by atoms with Crippen LogP contribution in [0.4, 0.5) is 5.82 Å². The quantitative estimate of drug-likeness (QED) is 0.715. The molecular formula is C10H17N3. The highest BCUT2D eigenvalue weighted by Crippen LogP contribution is 2.26. The summed E-state index contributed by atoms with van der Waals surface area (Å²) >= 11 is 0. The van der Waals surface area contributed by atoms with E-state index in [-0.39, 0.29) is 0 Å². The first-order chi connectivity index (χ1) is 6.20. The van der Waals surface area contributed by atoms with Crippen LogP contribution in [0.25, 0.3) is 0 Å². The molecule has 0 bridgehead atoms. The molecule has 2 heterocycles. The number of aromatic nitrogens is 2. The Hall–Kier alpha value is -0.990. The van der Waals surface area contributed by atoms with E-state index in [0.29, 0.717) is 5.92 Å². The van der Waals surface area contributed by atoms with Gasteiger partial charge in [0.1, 0.15) is 11.6 Å². The Kier molecular flexibility index (Phi) is 2.02. The van der Waals surface area contributed by atoms with Crippen LogP contribution >= 0.6 is 0 Å². The fraction of sp³-hybridized carbons (Fsp3) is 0.700. The molecule has 2 rings (SSSR count). The number of imidazole rings is 1. The highest BCUT2D eigenvalue weighted by atomic mass is 15.1. The van der Waals surface area contributed by atoms with Gasteiger partial charge < -0.3 is 10.3 Å². The van der Waals surface area contributed by atoms with Gasteiger partial charge in [-0.05, 0) is 18.8 Å². The monoisotopic (exact) mass is 179 g/mol. The lowest BCUT2D eigenvalue weighted by Gasteiger charge is -2.14. The molecular weight excluding hydrogens is 162 g/mol. The van der Waals surface area contributed by atoms with Gasteiger partial charge >= 0.3 is 0 Å². The Labute approximate surface area is 79.0 Å². The molecule has 1 aliphatic heterocycles. The Morgan fingerprint density at radius 3 is 2.77 bits per heavy atom.